The molecule has 1 aromatic carbocycles. The highest BCUT2D eigenvalue weighted by atomic mass is 35.5. The molecule has 94 valence electrons. The molecule has 1 aliphatic rings. The lowest BCUT2D eigenvalue weighted by atomic mass is 10.0. The van der Waals surface area contributed by atoms with Crippen LogP contribution in [0.2, 0.25) is 0 Å². The lowest BCUT2D eigenvalue weighted by Gasteiger charge is -2.31. The summed E-state index contributed by atoms with van der Waals surface area (Å²) in [6.45, 7) is -0.971. The number of hydrogen-bond acceptors (Lipinski definition) is 2. The fourth-order valence-electron chi connectivity index (χ4n) is 1.49. The molecular formula is C10H9ClF3NO2. The fraction of sp³-hybridized carbons (Fsp3) is 0.300. The van der Waals surface area contributed by atoms with Gasteiger partial charge in [0.1, 0.15) is 11.9 Å². The van der Waals surface area contributed by atoms with Crippen LogP contribution in [0, 0.1) is 5.82 Å². The summed E-state index contributed by atoms with van der Waals surface area (Å²) >= 11 is 0. The van der Waals surface area contributed by atoms with E-state index in [-0.39, 0.29) is 18.0 Å². The zero-order chi connectivity index (χ0) is 11.8. The van der Waals surface area contributed by atoms with Crippen LogP contribution in [0.25, 0.3) is 0 Å². The van der Waals surface area contributed by atoms with Crippen LogP contribution >= 0.6 is 12.4 Å². The van der Waals surface area contributed by atoms with Gasteiger partial charge in [-0.25, -0.2) is 18.0 Å². The molecule has 0 unspecified atom stereocenters. The molecule has 1 N–H and O–H groups in total. The molecule has 2 rings (SSSR count). The summed E-state index contributed by atoms with van der Waals surface area (Å²) in [4.78, 5) is 10.9. The molecule has 0 saturated carbocycles. The number of cyclic esters (lactones) is 1. The smallest absolute Gasteiger partial charge is 0.408 e. The van der Waals surface area contributed by atoms with E-state index in [9.17, 15) is 18.0 Å². The maximum absolute atomic E-state index is 13.4. The van der Waals surface area contributed by atoms with E-state index in [1.807, 2.05) is 5.32 Å². The van der Waals surface area contributed by atoms with Crippen molar-refractivity contribution in [1.29, 1.82) is 0 Å². The van der Waals surface area contributed by atoms with Crippen molar-refractivity contribution in [2.45, 2.75) is 12.0 Å². The third-order valence-corrected chi connectivity index (χ3v) is 2.28. The van der Waals surface area contributed by atoms with Crippen molar-refractivity contribution in [3.05, 3.63) is 35.6 Å². The molecule has 1 amide bonds. The number of rotatable bonds is 1. The molecule has 0 radical (unpaired) electrons. The molecule has 1 fully saturated rings. The van der Waals surface area contributed by atoms with Crippen LogP contribution in [0.3, 0.4) is 0 Å². The highest BCUT2D eigenvalue weighted by Gasteiger charge is 2.46. The number of carbonyl (C=O) groups excluding carboxylic acids is 1. The average Bonchev–Trinajstić information content (AvgIpc) is 2.23. The zero-order valence-electron chi connectivity index (χ0n) is 8.45. The van der Waals surface area contributed by atoms with Crippen LogP contribution in [0.4, 0.5) is 18.0 Å². The Morgan fingerprint density at radius 1 is 1.29 bits per heavy atom. The van der Waals surface area contributed by atoms with E-state index in [0.717, 1.165) is 12.1 Å². The van der Waals surface area contributed by atoms with Crippen molar-refractivity contribution in [2.75, 3.05) is 6.61 Å². The second-order valence-electron chi connectivity index (χ2n) is 3.47. The number of ether oxygens (including phenoxy) is 1. The first-order valence-corrected chi connectivity index (χ1v) is 4.55. The van der Waals surface area contributed by atoms with Crippen molar-refractivity contribution in [3.8, 4) is 0 Å². The maximum Gasteiger partial charge on any atom is 0.408 e. The van der Waals surface area contributed by atoms with E-state index < -0.39 is 30.5 Å². The minimum atomic E-state index is -3.20. The number of halogens is 4. The Labute approximate surface area is 101 Å². The van der Waals surface area contributed by atoms with Gasteiger partial charge in [0.2, 0.25) is 0 Å². The quantitative estimate of drug-likeness (QED) is 0.849. The Hall–Kier alpha value is -1.43. The Morgan fingerprint density at radius 2 is 1.88 bits per heavy atom. The molecule has 1 saturated heterocycles. The Bertz CT molecular complexity index is 411. The summed E-state index contributed by atoms with van der Waals surface area (Å²) in [5, 5.41) is 2.01. The second-order valence-corrected chi connectivity index (χ2v) is 3.47. The van der Waals surface area contributed by atoms with Gasteiger partial charge in [0.15, 0.2) is 6.61 Å². The lowest BCUT2D eigenvalue weighted by Crippen LogP contribution is -2.49. The molecule has 1 aliphatic heterocycles. The number of benzene rings is 1. The molecule has 0 aromatic heterocycles. The number of hydrogen-bond donors (Lipinski definition) is 1. The molecule has 1 heterocycles. The molecule has 3 nitrogen and oxygen atoms in total. The van der Waals surface area contributed by atoms with Gasteiger partial charge in [-0.2, -0.15) is 0 Å². The van der Waals surface area contributed by atoms with Gasteiger partial charge < -0.3 is 10.1 Å². The lowest BCUT2D eigenvalue weighted by molar-refractivity contribution is -0.104. The van der Waals surface area contributed by atoms with Gasteiger partial charge >= 0.3 is 12.0 Å². The van der Waals surface area contributed by atoms with Gasteiger partial charge in [-0.05, 0) is 17.7 Å². The molecule has 1 atom stereocenters. The second kappa shape index (κ2) is 4.83. The standard InChI is InChI=1S/C10H8F3NO2.ClH/c11-7-3-1-6(2-4-7)8-10(12,13)5-16-9(15)14-8;/h1-4,8H,5H2,(H,14,15);1H/t8-;/m0./s1. The summed E-state index contributed by atoms with van der Waals surface area (Å²) in [6.07, 6.45) is -0.903. The zero-order valence-corrected chi connectivity index (χ0v) is 9.27. The third kappa shape index (κ3) is 2.82. The number of alkyl carbamates (subject to hydrolysis) is 1. The molecule has 0 spiro atoms. The fourth-order valence-corrected chi connectivity index (χ4v) is 1.49. The van der Waals surface area contributed by atoms with Crippen molar-refractivity contribution in [3.63, 3.8) is 0 Å². The number of nitrogens with one attached hydrogen (secondary N) is 1. The van der Waals surface area contributed by atoms with Crippen LogP contribution in [-0.2, 0) is 4.74 Å². The topological polar surface area (TPSA) is 38.3 Å². The number of carbonyl (C=O) groups is 1. The van der Waals surface area contributed by atoms with Crippen molar-refractivity contribution in [1.82, 2.24) is 5.32 Å². The van der Waals surface area contributed by atoms with E-state index in [1.54, 1.807) is 0 Å². The minimum absolute atomic E-state index is 0. The third-order valence-electron chi connectivity index (χ3n) is 2.28. The van der Waals surface area contributed by atoms with Crippen LogP contribution < -0.4 is 5.32 Å². The Balaban J connectivity index is 0.00000144. The van der Waals surface area contributed by atoms with Gasteiger partial charge in [-0.3, -0.25) is 0 Å². The summed E-state index contributed by atoms with van der Waals surface area (Å²) in [5.74, 6) is -3.73. The van der Waals surface area contributed by atoms with Crippen LogP contribution in [0.15, 0.2) is 24.3 Å². The average molecular weight is 268 g/mol. The van der Waals surface area contributed by atoms with E-state index in [1.165, 1.54) is 12.1 Å². The SMILES string of the molecule is Cl.O=C1N[C@@H](c2ccc(F)cc2)C(F)(F)CO1. The predicted octanol–water partition coefficient (Wildman–Crippen LogP) is 2.66. The minimum Gasteiger partial charge on any atom is -0.443 e. The van der Waals surface area contributed by atoms with Crippen molar-refractivity contribution >= 4 is 18.5 Å². The van der Waals surface area contributed by atoms with Crippen LogP contribution in [0.1, 0.15) is 11.6 Å². The van der Waals surface area contributed by atoms with Gasteiger partial charge in [0.25, 0.3) is 0 Å². The van der Waals surface area contributed by atoms with Gasteiger partial charge in [0, 0.05) is 0 Å². The number of alkyl halides is 2. The summed E-state index contributed by atoms with van der Waals surface area (Å²) in [6, 6.07) is 3.06. The van der Waals surface area contributed by atoms with E-state index in [4.69, 9.17) is 0 Å². The molecular weight excluding hydrogens is 259 g/mol. The molecule has 0 bridgehead atoms. The Kier molecular flexibility index (Phi) is 3.87. The number of amides is 1. The summed E-state index contributed by atoms with van der Waals surface area (Å²) in [7, 11) is 0. The normalized spacial score (nSPS) is 22.1. The largest absolute Gasteiger partial charge is 0.443 e. The molecule has 17 heavy (non-hydrogen) atoms. The van der Waals surface area contributed by atoms with Crippen molar-refractivity contribution in [2.24, 2.45) is 0 Å². The van der Waals surface area contributed by atoms with Crippen molar-refractivity contribution < 1.29 is 22.7 Å². The van der Waals surface area contributed by atoms with Crippen LogP contribution in [0.5, 0.6) is 0 Å². The van der Waals surface area contributed by atoms with Gasteiger partial charge in [0.05, 0.1) is 0 Å². The molecule has 0 aliphatic carbocycles. The summed E-state index contributed by atoms with van der Waals surface area (Å²) in [5.41, 5.74) is 0.142. The summed E-state index contributed by atoms with van der Waals surface area (Å²) < 4.78 is 43.6. The first kappa shape index (κ1) is 13.6. The van der Waals surface area contributed by atoms with Gasteiger partial charge in [-0.15, -0.1) is 12.4 Å². The first-order chi connectivity index (χ1) is 7.49. The van der Waals surface area contributed by atoms with E-state index >= 15 is 0 Å². The Morgan fingerprint density at radius 3 is 2.47 bits per heavy atom. The van der Waals surface area contributed by atoms with E-state index in [0.29, 0.717) is 0 Å². The maximum atomic E-state index is 13.4. The van der Waals surface area contributed by atoms with Gasteiger partial charge in [-0.1, -0.05) is 12.1 Å². The molecule has 1 aromatic rings. The monoisotopic (exact) mass is 267 g/mol. The molecule has 7 heteroatoms. The van der Waals surface area contributed by atoms with E-state index in [2.05, 4.69) is 4.74 Å². The predicted molar refractivity (Wildman–Crippen MR) is 55.8 cm³/mol. The highest BCUT2D eigenvalue weighted by molar-refractivity contribution is 5.85. The van der Waals surface area contributed by atoms with Crippen LogP contribution in [-0.4, -0.2) is 18.6 Å². The highest BCUT2D eigenvalue weighted by Crippen LogP contribution is 2.34. The first-order valence-electron chi connectivity index (χ1n) is 4.55.